The Bertz CT molecular complexity index is 1060. The number of halogens is 1. The predicted molar refractivity (Wildman–Crippen MR) is 105 cm³/mol. The molecule has 0 radical (unpaired) electrons. The Morgan fingerprint density at radius 3 is 2.54 bits per heavy atom. The number of aryl methyl sites for hydroxylation is 1. The Hall–Kier alpha value is -2.51. The molecule has 0 bridgehead atoms. The molecule has 1 aliphatic rings. The third kappa shape index (κ3) is 3.59. The van der Waals surface area contributed by atoms with Crippen molar-refractivity contribution in [2.75, 3.05) is 13.1 Å². The Morgan fingerprint density at radius 1 is 1.11 bits per heavy atom. The van der Waals surface area contributed by atoms with Crippen molar-refractivity contribution in [3.8, 4) is 0 Å². The van der Waals surface area contributed by atoms with Gasteiger partial charge < -0.3 is 4.57 Å². The van der Waals surface area contributed by atoms with E-state index in [-0.39, 0.29) is 11.7 Å². The molecule has 1 unspecified atom stereocenters. The molecule has 28 heavy (non-hydrogen) atoms. The number of nitrogens with zero attached hydrogens (tertiary/aromatic N) is 3. The molecule has 5 nitrogen and oxygen atoms in total. The molecule has 0 aliphatic carbocycles. The van der Waals surface area contributed by atoms with Crippen molar-refractivity contribution >= 4 is 10.0 Å². The van der Waals surface area contributed by atoms with Gasteiger partial charge in [-0.2, -0.15) is 4.31 Å². The Labute approximate surface area is 164 Å². The van der Waals surface area contributed by atoms with E-state index in [0.29, 0.717) is 24.5 Å². The van der Waals surface area contributed by atoms with Crippen molar-refractivity contribution < 1.29 is 12.8 Å². The van der Waals surface area contributed by atoms with Crippen LogP contribution in [-0.2, 0) is 16.6 Å². The largest absolute Gasteiger partial charge is 0.328 e. The first-order valence-corrected chi connectivity index (χ1v) is 10.7. The van der Waals surface area contributed by atoms with E-state index in [0.717, 1.165) is 23.5 Å². The summed E-state index contributed by atoms with van der Waals surface area (Å²) in [6.07, 6.45) is 2.54. The molecule has 4 rings (SSSR count). The minimum atomic E-state index is -3.49. The fraction of sp³-hybridized carbons (Fsp3) is 0.286. The van der Waals surface area contributed by atoms with Crippen LogP contribution in [0.25, 0.3) is 0 Å². The Morgan fingerprint density at radius 2 is 1.82 bits per heavy atom. The third-order valence-electron chi connectivity index (χ3n) is 5.24. The topological polar surface area (TPSA) is 55.2 Å². The molecular formula is C21H22FN3O2S. The average molecular weight is 399 g/mol. The van der Waals surface area contributed by atoms with E-state index < -0.39 is 10.0 Å². The fourth-order valence-corrected chi connectivity index (χ4v) is 5.20. The quantitative estimate of drug-likeness (QED) is 0.659. The highest BCUT2D eigenvalue weighted by molar-refractivity contribution is 7.89. The molecule has 1 aliphatic heterocycles. The van der Waals surface area contributed by atoms with Crippen LogP contribution in [0.4, 0.5) is 4.39 Å². The molecule has 1 atom stereocenters. The van der Waals surface area contributed by atoms with Gasteiger partial charge >= 0.3 is 0 Å². The zero-order valence-corrected chi connectivity index (χ0v) is 16.4. The first-order chi connectivity index (χ1) is 13.4. The van der Waals surface area contributed by atoms with Gasteiger partial charge in [-0.25, -0.2) is 17.8 Å². The summed E-state index contributed by atoms with van der Waals surface area (Å²) < 4.78 is 42.6. The summed E-state index contributed by atoms with van der Waals surface area (Å²) in [6, 6.07) is 15.0. The van der Waals surface area contributed by atoms with E-state index in [1.54, 1.807) is 46.8 Å². The van der Waals surface area contributed by atoms with Gasteiger partial charge in [-0.15, -0.1) is 0 Å². The van der Waals surface area contributed by atoms with Crippen LogP contribution >= 0.6 is 0 Å². The van der Waals surface area contributed by atoms with Crippen LogP contribution < -0.4 is 0 Å². The smallest absolute Gasteiger partial charge is 0.243 e. The maximum atomic E-state index is 13.2. The molecule has 0 spiro atoms. The summed E-state index contributed by atoms with van der Waals surface area (Å²) >= 11 is 0. The van der Waals surface area contributed by atoms with Gasteiger partial charge in [0.2, 0.25) is 10.0 Å². The second-order valence-electron chi connectivity index (χ2n) is 7.13. The van der Waals surface area contributed by atoms with Crippen LogP contribution in [0, 0.1) is 12.7 Å². The van der Waals surface area contributed by atoms with Crippen molar-refractivity contribution in [3.63, 3.8) is 0 Å². The van der Waals surface area contributed by atoms with Gasteiger partial charge in [-0.05, 0) is 43.2 Å². The molecule has 0 saturated carbocycles. The van der Waals surface area contributed by atoms with Gasteiger partial charge in [0.05, 0.1) is 4.90 Å². The molecular weight excluding hydrogens is 377 g/mol. The van der Waals surface area contributed by atoms with Crippen LogP contribution in [0.3, 0.4) is 0 Å². The van der Waals surface area contributed by atoms with Crippen LogP contribution in [0.5, 0.6) is 0 Å². The van der Waals surface area contributed by atoms with E-state index in [9.17, 15) is 12.8 Å². The van der Waals surface area contributed by atoms with E-state index in [4.69, 9.17) is 0 Å². The highest BCUT2D eigenvalue weighted by atomic mass is 32.2. The summed E-state index contributed by atoms with van der Waals surface area (Å²) in [5.74, 6) is 0.657. The van der Waals surface area contributed by atoms with E-state index in [1.165, 1.54) is 12.1 Å². The van der Waals surface area contributed by atoms with Gasteiger partial charge in [0.1, 0.15) is 11.6 Å². The summed E-state index contributed by atoms with van der Waals surface area (Å²) in [6.45, 7) is 3.46. The number of benzene rings is 2. The van der Waals surface area contributed by atoms with Crippen molar-refractivity contribution in [1.29, 1.82) is 0 Å². The lowest BCUT2D eigenvalue weighted by atomic mass is 10.1. The van der Waals surface area contributed by atoms with Crippen LogP contribution in [0.1, 0.15) is 29.4 Å². The first kappa shape index (κ1) is 18.8. The standard InChI is InChI=1S/C21H22FN3O2S/c1-16-13-23-21(25(16)14-17-7-9-19(22)10-8-17)18-11-12-24(15-18)28(26,27)20-5-3-2-4-6-20/h2-10,13,18H,11-12,14-15H2,1H3. The summed E-state index contributed by atoms with van der Waals surface area (Å²) in [7, 11) is -3.49. The minimum absolute atomic E-state index is 0.0348. The predicted octanol–water partition coefficient (Wildman–Crippen LogP) is 3.56. The van der Waals surface area contributed by atoms with Crippen LogP contribution in [0.15, 0.2) is 65.7 Å². The lowest BCUT2D eigenvalue weighted by molar-refractivity contribution is 0.469. The Balaban J connectivity index is 1.56. The number of hydrogen-bond donors (Lipinski definition) is 0. The molecule has 1 fully saturated rings. The van der Waals surface area contributed by atoms with Gasteiger partial charge in [-0.3, -0.25) is 0 Å². The second-order valence-corrected chi connectivity index (χ2v) is 9.07. The number of hydrogen-bond acceptors (Lipinski definition) is 3. The SMILES string of the molecule is Cc1cnc(C2CCN(S(=O)(=O)c3ccccc3)C2)n1Cc1ccc(F)cc1. The summed E-state index contributed by atoms with van der Waals surface area (Å²) in [4.78, 5) is 4.89. The number of sulfonamides is 1. The van der Waals surface area contributed by atoms with E-state index >= 15 is 0 Å². The van der Waals surface area contributed by atoms with Crippen LogP contribution in [0.2, 0.25) is 0 Å². The van der Waals surface area contributed by atoms with Crippen molar-refractivity contribution in [2.45, 2.75) is 30.7 Å². The normalized spacial score (nSPS) is 17.9. The summed E-state index contributed by atoms with van der Waals surface area (Å²) in [5, 5.41) is 0. The van der Waals surface area contributed by atoms with E-state index in [2.05, 4.69) is 9.55 Å². The van der Waals surface area contributed by atoms with Gasteiger partial charge in [0.15, 0.2) is 0 Å². The first-order valence-electron chi connectivity index (χ1n) is 9.27. The zero-order valence-electron chi connectivity index (χ0n) is 15.6. The van der Waals surface area contributed by atoms with Gasteiger partial charge in [0, 0.05) is 37.4 Å². The second kappa shape index (κ2) is 7.48. The number of aromatic nitrogens is 2. The molecule has 0 amide bonds. The molecule has 7 heteroatoms. The van der Waals surface area contributed by atoms with E-state index in [1.807, 2.05) is 13.1 Å². The molecule has 0 N–H and O–H groups in total. The molecule has 2 heterocycles. The molecule has 1 saturated heterocycles. The van der Waals surface area contributed by atoms with Crippen LogP contribution in [-0.4, -0.2) is 35.4 Å². The molecule has 1 aromatic heterocycles. The zero-order chi connectivity index (χ0) is 19.7. The summed E-state index contributed by atoms with van der Waals surface area (Å²) in [5.41, 5.74) is 1.99. The highest BCUT2D eigenvalue weighted by Crippen LogP contribution is 2.31. The maximum Gasteiger partial charge on any atom is 0.243 e. The lowest BCUT2D eigenvalue weighted by Crippen LogP contribution is -2.29. The molecule has 2 aromatic carbocycles. The van der Waals surface area contributed by atoms with Gasteiger partial charge in [-0.1, -0.05) is 30.3 Å². The number of imidazole rings is 1. The number of rotatable bonds is 5. The molecule has 146 valence electrons. The molecule has 3 aromatic rings. The van der Waals surface area contributed by atoms with Crippen molar-refractivity contribution in [3.05, 3.63) is 83.7 Å². The highest BCUT2D eigenvalue weighted by Gasteiger charge is 2.35. The van der Waals surface area contributed by atoms with Crippen molar-refractivity contribution in [1.82, 2.24) is 13.9 Å². The average Bonchev–Trinajstić information content (AvgIpc) is 3.32. The fourth-order valence-electron chi connectivity index (χ4n) is 3.68. The lowest BCUT2D eigenvalue weighted by Gasteiger charge is -2.18. The maximum absolute atomic E-state index is 13.2. The Kier molecular flexibility index (Phi) is 5.03. The van der Waals surface area contributed by atoms with Gasteiger partial charge in [0.25, 0.3) is 0 Å². The monoisotopic (exact) mass is 399 g/mol. The minimum Gasteiger partial charge on any atom is -0.328 e. The third-order valence-corrected chi connectivity index (χ3v) is 7.12. The van der Waals surface area contributed by atoms with Crippen molar-refractivity contribution in [2.24, 2.45) is 0 Å².